The van der Waals surface area contributed by atoms with Crippen molar-refractivity contribution >= 4 is 16.8 Å². The Labute approximate surface area is 176 Å². The number of carbonyl (C=O) groups is 1. The first-order valence-electron chi connectivity index (χ1n) is 10.0. The standard InChI is InChI=1S/C24H28N4O2/c1-14(2)28-13-16(4)22-19(10-18(7-6-8-25)11-21(22)28)23(29)26-12-20-15(3)9-17(5)27-24(20)30/h9-11,13-14H,8,12,25H2,1-5H3,(H,26,29)(H,27,30). The van der Waals surface area contributed by atoms with Crippen LogP contribution in [0, 0.1) is 32.6 Å². The van der Waals surface area contributed by atoms with E-state index in [0.29, 0.717) is 11.1 Å². The third-order valence-electron chi connectivity index (χ3n) is 5.18. The van der Waals surface area contributed by atoms with Crippen LogP contribution in [0.5, 0.6) is 0 Å². The molecule has 4 N–H and O–H groups in total. The maximum absolute atomic E-state index is 13.2. The van der Waals surface area contributed by atoms with Crippen LogP contribution >= 0.6 is 0 Å². The summed E-state index contributed by atoms with van der Waals surface area (Å²) < 4.78 is 2.14. The van der Waals surface area contributed by atoms with Gasteiger partial charge in [-0.25, -0.2) is 0 Å². The van der Waals surface area contributed by atoms with Crippen molar-refractivity contribution in [2.45, 2.75) is 47.2 Å². The summed E-state index contributed by atoms with van der Waals surface area (Å²) in [5, 5.41) is 3.81. The molecule has 0 bridgehead atoms. The number of benzene rings is 1. The first kappa shape index (κ1) is 21.4. The predicted octanol–water partition coefficient (Wildman–Crippen LogP) is 3.08. The quantitative estimate of drug-likeness (QED) is 0.584. The number of nitrogens with one attached hydrogen (secondary N) is 2. The van der Waals surface area contributed by atoms with Crippen molar-refractivity contribution in [1.29, 1.82) is 0 Å². The Hall–Kier alpha value is -3.30. The Morgan fingerprint density at radius 1 is 1.20 bits per heavy atom. The van der Waals surface area contributed by atoms with Gasteiger partial charge >= 0.3 is 0 Å². The lowest BCUT2D eigenvalue weighted by atomic mass is 10.0. The van der Waals surface area contributed by atoms with Gasteiger partial charge in [-0.3, -0.25) is 9.59 Å². The molecule has 3 rings (SSSR count). The summed E-state index contributed by atoms with van der Waals surface area (Å²) in [4.78, 5) is 28.2. The molecule has 0 unspecified atom stereocenters. The molecular weight excluding hydrogens is 376 g/mol. The van der Waals surface area contributed by atoms with E-state index >= 15 is 0 Å². The van der Waals surface area contributed by atoms with Crippen LogP contribution in [0.2, 0.25) is 0 Å². The van der Waals surface area contributed by atoms with Crippen molar-refractivity contribution in [3.05, 3.63) is 68.3 Å². The monoisotopic (exact) mass is 404 g/mol. The Balaban J connectivity index is 2.05. The summed E-state index contributed by atoms with van der Waals surface area (Å²) >= 11 is 0. The van der Waals surface area contributed by atoms with Crippen molar-refractivity contribution in [1.82, 2.24) is 14.9 Å². The molecule has 0 saturated heterocycles. The number of aromatic amines is 1. The third-order valence-corrected chi connectivity index (χ3v) is 5.18. The molecule has 0 aliphatic rings. The number of carbonyl (C=O) groups excluding carboxylic acids is 1. The Kier molecular flexibility index (Phi) is 6.14. The molecule has 2 heterocycles. The number of hydrogen-bond acceptors (Lipinski definition) is 3. The zero-order valence-corrected chi connectivity index (χ0v) is 18.1. The maximum atomic E-state index is 13.2. The maximum Gasteiger partial charge on any atom is 0.253 e. The Bertz CT molecular complexity index is 1240. The highest BCUT2D eigenvalue weighted by atomic mass is 16.1. The fraction of sp³-hybridized carbons (Fsp3) is 0.333. The molecule has 1 aromatic carbocycles. The molecule has 30 heavy (non-hydrogen) atoms. The number of fused-ring (bicyclic) bond motifs is 1. The van der Waals surface area contributed by atoms with Gasteiger partial charge in [-0.05, 0) is 63.9 Å². The van der Waals surface area contributed by atoms with Crippen molar-refractivity contribution in [2.24, 2.45) is 5.73 Å². The number of rotatable bonds is 4. The van der Waals surface area contributed by atoms with Crippen LogP contribution in [0.15, 0.2) is 29.2 Å². The van der Waals surface area contributed by atoms with E-state index in [0.717, 1.165) is 33.3 Å². The van der Waals surface area contributed by atoms with Gasteiger partial charge in [-0.15, -0.1) is 0 Å². The van der Waals surface area contributed by atoms with E-state index in [9.17, 15) is 9.59 Å². The number of amides is 1. The van der Waals surface area contributed by atoms with E-state index in [1.807, 2.05) is 32.9 Å². The number of nitrogens with two attached hydrogens (primary N) is 1. The van der Waals surface area contributed by atoms with E-state index in [1.54, 1.807) is 6.07 Å². The SMILES string of the molecule is Cc1cc(C)c(CNC(=O)c2cc(C#CCN)cc3c2c(C)cn3C(C)C)c(=O)[nH]1. The number of aryl methyl sites for hydroxylation is 3. The second-order valence-corrected chi connectivity index (χ2v) is 7.86. The minimum absolute atomic E-state index is 0.157. The minimum Gasteiger partial charge on any atom is -0.348 e. The van der Waals surface area contributed by atoms with Gasteiger partial charge in [0.25, 0.3) is 11.5 Å². The van der Waals surface area contributed by atoms with Gasteiger partial charge in [0, 0.05) is 41.0 Å². The number of aromatic nitrogens is 2. The fourth-order valence-corrected chi connectivity index (χ4v) is 3.78. The molecule has 1 amide bonds. The van der Waals surface area contributed by atoms with Gasteiger partial charge in [0.15, 0.2) is 0 Å². The average Bonchev–Trinajstić information content (AvgIpc) is 3.01. The lowest BCUT2D eigenvalue weighted by molar-refractivity contribution is 0.0952. The first-order valence-corrected chi connectivity index (χ1v) is 10.0. The van der Waals surface area contributed by atoms with Gasteiger partial charge in [0.2, 0.25) is 0 Å². The third kappa shape index (κ3) is 4.17. The van der Waals surface area contributed by atoms with E-state index in [1.165, 1.54) is 0 Å². The fourth-order valence-electron chi connectivity index (χ4n) is 3.78. The molecule has 6 nitrogen and oxygen atoms in total. The van der Waals surface area contributed by atoms with Crippen molar-refractivity contribution in [2.75, 3.05) is 6.54 Å². The number of hydrogen-bond donors (Lipinski definition) is 3. The van der Waals surface area contributed by atoms with Crippen molar-refractivity contribution < 1.29 is 4.79 Å². The van der Waals surface area contributed by atoms with Gasteiger partial charge < -0.3 is 20.6 Å². The second-order valence-electron chi connectivity index (χ2n) is 7.86. The highest BCUT2D eigenvalue weighted by Crippen LogP contribution is 2.29. The Morgan fingerprint density at radius 2 is 1.93 bits per heavy atom. The van der Waals surface area contributed by atoms with Crippen LogP contribution in [-0.4, -0.2) is 22.0 Å². The van der Waals surface area contributed by atoms with Gasteiger partial charge in [0.1, 0.15) is 0 Å². The Morgan fingerprint density at radius 3 is 2.57 bits per heavy atom. The normalized spacial score (nSPS) is 10.9. The lowest BCUT2D eigenvalue weighted by Gasteiger charge is -2.12. The summed E-state index contributed by atoms with van der Waals surface area (Å²) in [6.45, 7) is 10.3. The topological polar surface area (TPSA) is 92.9 Å². The lowest BCUT2D eigenvalue weighted by Crippen LogP contribution is -2.28. The predicted molar refractivity (Wildman–Crippen MR) is 121 cm³/mol. The van der Waals surface area contributed by atoms with Gasteiger partial charge in [-0.2, -0.15) is 0 Å². The first-order chi connectivity index (χ1) is 14.2. The molecule has 0 aliphatic heterocycles. The molecule has 6 heteroatoms. The molecule has 156 valence electrons. The van der Waals surface area contributed by atoms with Crippen LogP contribution in [0.4, 0.5) is 0 Å². The summed E-state index contributed by atoms with van der Waals surface area (Å²) in [5.74, 6) is 5.67. The highest BCUT2D eigenvalue weighted by molar-refractivity contribution is 6.08. The molecule has 0 fully saturated rings. The number of nitrogens with zero attached hydrogens (tertiary/aromatic N) is 1. The van der Waals surface area contributed by atoms with E-state index < -0.39 is 0 Å². The minimum atomic E-state index is -0.236. The van der Waals surface area contributed by atoms with E-state index in [4.69, 9.17) is 5.73 Å². The summed E-state index contributed by atoms with van der Waals surface area (Å²) in [7, 11) is 0. The molecule has 0 spiro atoms. The van der Waals surface area contributed by atoms with Crippen LogP contribution in [-0.2, 0) is 6.54 Å². The molecule has 2 aromatic heterocycles. The van der Waals surface area contributed by atoms with E-state index in [2.05, 4.69) is 46.8 Å². The number of pyridine rings is 1. The molecular formula is C24H28N4O2. The van der Waals surface area contributed by atoms with Gasteiger partial charge in [-0.1, -0.05) is 11.8 Å². The zero-order chi connectivity index (χ0) is 22.0. The summed E-state index contributed by atoms with van der Waals surface area (Å²) in [6, 6.07) is 5.93. The van der Waals surface area contributed by atoms with Crippen molar-refractivity contribution in [3.63, 3.8) is 0 Å². The molecule has 0 saturated carbocycles. The van der Waals surface area contributed by atoms with Crippen molar-refractivity contribution in [3.8, 4) is 11.8 Å². The second kappa shape index (κ2) is 8.60. The molecule has 3 aromatic rings. The van der Waals surface area contributed by atoms with Crippen LogP contribution in [0.1, 0.15) is 58.2 Å². The van der Waals surface area contributed by atoms with Crippen LogP contribution in [0.3, 0.4) is 0 Å². The average molecular weight is 405 g/mol. The smallest absolute Gasteiger partial charge is 0.253 e. The molecule has 0 atom stereocenters. The number of H-pyrrole nitrogens is 1. The van der Waals surface area contributed by atoms with E-state index in [-0.39, 0.29) is 30.6 Å². The van der Waals surface area contributed by atoms with Gasteiger partial charge in [0.05, 0.1) is 17.6 Å². The summed E-state index contributed by atoms with van der Waals surface area (Å²) in [5.41, 5.74) is 10.8. The zero-order valence-electron chi connectivity index (χ0n) is 18.1. The van der Waals surface area contributed by atoms with Crippen LogP contribution < -0.4 is 16.6 Å². The molecule has 0 radical (unpaired) electrons. The largest absolute Gasteiger partial charge is 0.348 e. The van der Waals surface area contributed by atoms with Crippen LogP contribution in [0.25, 0.3) is 10.9 Å². The highest BCUT2D eigenvalue weighted by Gasteiger charge is 2.18. The summed E-state index contributed by atoms with van der Waals surface area (Å²) in [6.07, 6.45) is 2.06. The molecule has 0 aliphatic carbocycles.